The number of rotatable bonds is 6. The van der Waals surface area contributed by atoms with Crippen molar-refractivity contribution >= 4 is 30.0 Å². The van der Waals surface area contributed by atoms with E-state index in [4.69, 9.17) is 4.99 Å². The Bertz CT molecular complexity index is 1010. The van der Waals surface area contributed by atoms with E-state index < -0.39 is 7.92 Å². The maximum Gasteiger partial charge on any atom is 2.00 e. The molecule has 1 nitrogen and oxygen atoms in total. The van der Waals surface area contributed by atoms with Gasteiger partial charge in [-0.3, -0.25) is 4.99 Å². The smallest absolute Gasteiger partial charge is 0.358 e. The summed E-state index contributed by atoms with van der Waals surface area (Å²) >= 11 is 0. The van der Waals surface area contributed by atoms with Gasteiger partial charge in [0, 0.05) is 18.3 Å². The van der Waals surface area contributed by atoms with E-state index in [1.54, 1.807) is 0 Å². The van der Waals surface area contributed by atoms with E-state index in [-0.39, 0.29) is 35.9 Å². The summed E-state index contributed by atoms with van der Waals surface area (Å²) in [6, 6.07) is 30.9. The fourth-order valence-electron chi connectivity index (χ4n) is 5.99. The second-order valence-electron chi connectivity index (χ2n) is 9.89. The third kappa shape index (κ3) is 5.64. The van der Waals surface area contributed by atoms with Crippen molar-refractivity contribution in [1.82, 2.24) is 0 Å². The first-order valence-electron chi connectivity index (χ1n) is 11.7. The standard InChI is InChI=1S/C29H32NP.2CH3.Pt/c1-29(2)24-18-17-22(27(29)19-24)20-30-21-23-11-9-10-16-28(23)31(25-12-5-3-6-13-25)26-14-7-4-8-15-26;;;/h3-16,21-22,24,27H,17-20H2,1-2H3;2*1H3;/q;2*-1;+2/p+1. The van der Waals surface area contributed by atoms with Crippen molar-refractivity contribution in [3.05, 3.63) is 105 Å². The first-order valence-corrected chi connectivity index (χ1v) is 13.2. The second kappa shape index (κ2) is 12.4. The Morgan fingerprint density at radius 1 is 0.824 bits per heavy atom. The minimum atomic E-state index is -1.07. The van der Waals surface area contributed by atoms with Gasteiger partial charge in [-0.2, -0.15) is 0 Å². The normalized spacial score (nSPS) is 22.1. The van der Waals surface area contributed by atoms with Crippen LogP contribution in [0.4, 0.5) is 0 Å². The fourth-order valence-corrected chi connectivity index (χ4v) is 8.70. The number of hydrogen-bond donors (Lipinski definition) is 0. The minimum absolute atomic E-state index is 0. The maximum absolute atomic E-state index is 5.03. The van der Waals surface area contributed by atoms with Gasteiger partial charge in [-0.05, 0) is 78.8 Å². The molecular formula is C31H39NPPt+. The van der Waals surface area contributed by atoms with Crippen LogP contribution < -0.4 is 15.9 Å². The summed E-state index contributed by atoms with van der Waals surface area (Å²) in [5.74, 6) is 2.59. The molecule has 0 amide bonds. The molecule has 0 N–H and O–H groups in total. The van der Waals surface area contributed by atoms with E-state index in [1.165, 1.54) is 40.7 Å². The van der Waals surface area contributed by atoms with Gasteiger partial charge in [-0.1, -0.05) is 62.4 Å². The van der Waals surface area contributed by atoms with E-state index >= 15 is 0 Å². The average molecular weight is 652 g/mol. The topological polar surface area (TPSA) is 12.4 Å². The fraction of sp³-hybridized carbons (Fsp3) is 0.323. The molecule has 0 aromatic heterocycles. The molecule has 0 spiro atoms. The molecule has 3 saturated carbocycles. The van der Waals surface area contributed by atoms with E-state index in [1.807, 2.05) is 0 Å². The van der Waals surface area contributed by atoms with Crippen molar-refractivity contribution in [3.8, 4) is 0 Å². The van der Waals surface area contributed by atoms with Crippen LogP contribution >= 0.6 is 7.92 Å². The zero-order valence-electron chi connectivity index (χ0n) is 21.0. The average Bonchev–Trinajstić information content (AvgIpc) is 2.82. The molecule has 3 aliphatic carbocycles. The summed E-state index contributed by atoms with van der Waals surface area (Å²) < 4.78 is 0. The van der Waals surface area contributed by atoms with Crippen LogP contribution in [0.3, 0.4) is 0 Å². The summed E-state index contributed by atoms with van der Waals surface area (Å²) in [4.78, 5) is 5.03. The molecular weight excluding hydrogens is 612 g/mol. The van der Waals surface area contributed by atoms with Gasteiger partial charge in [0.1, 0.15) is 15.9 Å². The predicted molar refractivity (Wildman–Crippen MR) is 150 cm³/mol. The Hall–Kier alpha value is -1.55. The monoisotopic (exact) mass is 651 g/mol. The van der Waals surface area contributed by atoms with Gasteiger partial charge < -0.3 is 14.9 Å². The van der Waals surface area contributed by atoms with Crippen molar-refractivity contribution in [2.24, 2.45) is 28.2 Å². The predicted octanol–water partition coefficient (Wildman–Crippen LogP) is 6.57. The van der Waals surface area contributed by atoms with Crippen LogP contribution in [0.2, 0.25) is 0 Å². The van der Waals surface area contributed by atoms with E-state index in [0.717, 1.165) is 24.3 Å². The molecule has 0 radical (unpaired) electrons. The van der Waals surface area contributed by atoms with Gasteiger partial charge >= 0.3 is 21.1 Å². The van der Waals surface area contributed by atoms with Gasteiger partial charge in [0.2, 0.25) is 0 Å². The largest absolute Gasteiger partial charge is 2.00 e. The minimum Gasteiger partial charge on any atom is -0.358 e. The first kappa shape index (κ1) is 28.7. The van der Waals surface area contributed by atoms with Crippen molar-refractivity contribution < 1.29 is 21.1 Å². The zero-order valence-corrected chi connectivity index (χ0v) is 24.3. The Morgan fingerprint density at radius 2 is 1.38 bits per heavy atom. The molecule has 182 valence electrons. The molecule has 0 saturated heterocycles. The van der Waals surface area contributed by atoms with Crippen molar-refractivity contribution in [2.75, 3.05) is 6.54 Å². The van der Waals surface area contributed by atoms with E-state index in [9.17, 15) is 0 Å². The van der Waals surface area contributed by atoms with Crippen molar-refractivity contribution in [2.45, 2.75) is 33.1 Å². The van der Waals surface area contributed by atoms with Crippen LogP contribution in [0.15, 0.2) is 89.9 Å². The number of benzene rings is 3. The summed E-state index contributed by atoms with van der Waals surface area (Å²) in [6.45, 7) is 5.94. The van der Waals surface area contributed by atoms with Gasteiger partial charge in [0.05, 0.1) is 7.92 Å². The molecule has 6 rings (SSSR count). The van der Waals surface area contributed by atoms with Crippen LogP contribution in [0, 0.1) is 38.0 Å². The van der Waals surface area contributed by atoms with Gasteiger partial charge in [0.15, 0.2) is 0 Å². The first-order chi connectivity index (χ1) is 15.1. The molecule has 3 heteroatoms. The Kier molecular flexibility index (Phi) is 10.5. The molecule has 3 fully saturated rings. The van der Waals surface area contributed by atoms with Crippen LogP contribution in [-0.2, 0) is 21.1 Å². The SMILES string of the molecule is CC1(C)C2CCC(CN=Cc3ccccc3[PH+](c3ccccc3)c3ccccc3)C1C2.[CH3-].[CH3-].[Pt+2]. The summed E-state index contributed by atoms with van der Waals surface area (Å²) in [6.07, 6.45) is 6.36. The second-order valence-corrected chi connectivity index (χ2v) is 12.3. The molecule has 0 aliphatic heterocycles. The summed E-state index contributed by atoms with van der Waals surface area (Å²) in [5.41, 5.74) is 1.82. The molecule has 3 unspecified atom stereocenters. The zero-order chi connectivity index (χ0) is 21.3. The van der Waals surface area contributed by atoms with Crippen LogP contribution in [0.25, 0.3) is 0 Å². The maximum atomic E-state index is 5.03. The van der Waals surface area contributed by atoms with Crippen LogP contribution in [0.1, 0.15) is 38.7 Å². The molecule has 3 aromatic rings. The third-order valence-electron chi connectivity index (χ3n) is 7.93. The molecule has 34 heavy (non-hydrogen) atoms. The van der Waals surface area contributed by atoms with Crippen molar-refractivity contribution in [1.29, 1.82) is 0 Å². The Morgan fingerprint density at radius 3 is 1.94 bits per heavy atom. The van der Waals surface area contributed by atoms with Gasteiger partial charge in [-0.25, -0.2) is 0 Å². The van der Waals surface area contributed by atoms with E-state index in [2.05, 4.69) is 105 Å². The molecule has 3 atom stereocenters. The van der Waals surface area contributed by atoms with Gasteiger partial charge in [0.25, 0.3) is 0 Å². The summed E-state index contributed by atoms with van der Waals surface area (Å²) in [7, 11) is -1.07. The van der Waals surface area contributed by atoms with E-state index in [0.29, 0.717) is 5.41 Å². The summed E-state index contributed by atoms with van der Waals surface area (Å²) in [5, 5.41) is 4.28. The molecule has 3 aliphatic rings. The Balaban J connectivity index is 0.00000136. The van der Waals surface area contributed by atoms with Crippen LogP contribution in [-0.4, -0.2) is 12.8 Å². The number of fused-ring (bicyclic) bond motifs is 2. The van der Waals surface area contributed by atoms with Gasteiger partial charge in [-0.15, -0.1) is 0 Å². The van der Waals surface area contributed by atoms with Crippen LogP contribution in [0.5, 0.6) is 0 Å². The molecule has 2 bridgehead atoms. The quantitative estimate of drug-likeness (QED) is 0.163. The third-order valence-corrected chi connectivity index (χ3v) is 10.7. The van der Waals surface area contributed by atoms with Crippen molar-refractivity contribution in [3.63, 3.8) is 0 Å². The number of hydrogen-bond acceptors (Lipinski definition) is 1. The Labute approximate surface area is 223 Å². The molecule has 3 aromatic carbocycles. The molecule has 0 heterocycles. The number of aliphatic imine (C=N–C) groups is 1. The number of nitrogens with zero attached hydrogens (tertiary/aromatic N) is 1.